The van der Waals surface area contributed by atoms with Crippen LogP contribution in [0.1, 0.15) is 53.5 Å². The molecule has 0 saturated carbocycles. The SMILES string of the molecule is CN=C(NCc1ccc(C(=O)N(C)C)cc1)NC1CCc2cn(C(C)C)nc2C1. The zero-order chi connectivity index (χ0) is 21.0. The highest BCUT2D eigenvalue weighted by atomic mass is 16.2. The standard InChI is InChI=1S/C22H32N6O/c1-15(2)28-14-18-10-11-19(12-20(18)26-28)25-22(23-3)24-13-16-6-8-17(9-7-16)21(29)27(4)5/h6-9,14-15,19H,10-13H2,1-5H3,(H2,23,24,25). The van der Waals surface area contributed by atoms with Gasteiger partial charge < -0.3 is 15.5 Å². The minimum absolute atomic E-state index is 0.0126. The number of hydrogen-bond acceptors (Lipinski definition) is 3. The molecule has 0 saturated heterocycles. The molecule has 7 nitrogen and oxygen atoms in total. The van der Waals surface area contributed by atoms with Crippen molar-refractivity contribution in [2.75, 3.05) is 21.1 Å². The number of amides is 1. The number of aromatic nitrogens is 2. The third-order valence-electron chi connectivity index (χ3n) is 5.26. The Morgan fingerprint density at radius 1 is 1.31 bits per heavy atom. The van der Waals surface area contributed by atoms with Gasteiger partial charge in [0.2, 0.25) is 0 Å². The van der Waals surface area contributed by atoms with E-state index in [0.717, 1.165) is 30.8 Å². The van der Waals surface area contributed by atoms with Gasteiger partial charge in [0.15, 0.2) is 5.96 Å². The smallest absolute Gasteiger partial charge is 0.253 e. The molecule has 29 heavy (non-hydrogen) atoms. The number of rotatable bonds is 5. The first-order valence-electron chi connectivity index (χ1n) is 10.2. The highest BCUT2D eigenvalue weighted by molar-refractivity contribution is 5.93. The van der Waals surface area contributed by atoms with Crippen molar-refractivity contribution in [3.8, 4) is 0 Å². The number of fused-ring (bicyclic) bond motifs is 1. The van der Waals surface area contributed by atoms with Crippen molar-refractivity contribution in [2.45, 2.75) is 51.7 Å². The lowest BCUT2D eigenvalue weighted by atomic mass is 9.94. The van der Waals surface area contributed by atoms with Gasteiger partial charge in [0.1, 0.15) is 0 Å². The van der Waals surface area contributed by atoms with E-state index in [2.05, 4.69) is 40.4 Å². The molecule has 1 aliphatic carbocycles. The van der Waals surface area contributed by atoms with Crippen molar-refractivity contribution in [2.24, 2.45) is 4.99 Å². The van der Waals surface area contributed by atoms with Crippen molar-refractivity contribution >= 4 is 11.9 Å². The van der Waals surface area contributed by atoms with Crippen LogP contribution in [0.2, 0.25) is 0 Å². The zero-order valence-corrected chi connectivity index (χ0v) is 18.1. The van der Waals surface area contributed by atoms with Gasteiger partial charge >= 0.3 is 0 Å². The van der Waals surface area contributed by atoms with Gasteiger partial charge in [0.25, 0.3) is 5.91 Å². The summed E-state index contributed by atoms with van der Waals surface area (Å²) in [6, 6.07) is 8.39. The lowest BCUT2D eigenvalue weighted by Gasteiger charge is -2.24. The minimum atomic E-state index is 0.0126. The fourth-order valence-corrected chi connectivity index (χ4v) is 3.50. The Morgan fingerprint density at radius 3 is 2.66 bits per heavy atom. The summed E-state index contributed by atoms with van der Waals surface area (Å²) in [5, 5.41) is 11.6. The van der Waals surface area contributed by atoms with E-state index >= 15 is 0 Å². The lowest BCUT2D eigenvalue weighted by molar-refractivity contribution is 0.0827. The van der Waals surface area contributed by atoms with Crippen molar-refractivity contribution in [1.29, 1.82) is 0 Å². The summed E-state index contributed by atoms with van der Waals surface area (Å²) in [6.07, 6.45) is 5.21. The van der Waals surface area contributed by atoms with Crippen LogP contribution in [0.3, 0.4) is 0 Å². The van der Waals surface area contributed by atoms with Gasteiger partial charge in [-0.05, 0) is 49.9 Å². The van der Waals surface area contributed by atoms with Crippen molar-refractivity contribution in [3.05, 3.63) is 52.8 Å². The number of carbonyl (C=O) groups is 1. The number of guanidine groups is 1. The summed E-state index contributed by atoms with van der Waals surface area (Å²) in [5.74, 6) is 0.800. The minimum Gasteiger partial charge on any atom is -0.353 e. The first-order chi connectivity index (χ1) is 13.9. The van der Waals surface area contributed by atoms with Crippen molar-refractivity contribution < 1.29 is 4.79 Å². The average Bonchev–Trinajstić information content (AvgIpc) is 3.14. The van der Waals surface area contributed by atoms with Crippen molar-refractivity contribution in [3.63, 3.8) is 0 Å². The van der Waals surface area contributed by atoms with E-state index in [4.69, 9.17) is 5.10 Å². The molecule has 0 fully saturated rings. The van der Waals surface area contributed by atoms with Crippen LogP contribution in [0.5, 0.6) is 0 Å². The third-order valence-corrected chi connectivity index (χ3v) is 5.26. The summed E-state index contributed by atoms with van der Waals surface area (Å²) in [6.45, 7) is 4.96. The fourth-order valence-electron chi connectivity index (χ4n) is 3.50. The molecule has 0 bridgehead atoms. The molecule has 156 valence electrons. The Bertz CT molecular complexity index is 866. The molecule has 2 aromatic rings. The van der Waals surface area contributed by atoms with Gasteiger partial charge in [-0.1, -0.05) is 12.1 Å². The third kappa shape index (κ3) is 5.16. The molecule has 1 aromatic heterocycles. The van der Waals surface area contributed by atoms with Gasteiger partial charge in [-0.3, -0.25) is 14.5 Å². The first kappa shape index (κ1) is 20.9. The summed E-state index contributed by atoms with van der Waals surface area (Å²) in [4.78, 5) is 17.9. The van der Waals surface area contributed by atoms with Crippen LogP contribution < -0.4 is 10.6 Å². The van der Waals surface area contributed by atoms with E-state index < -0.39 is 0 Å². The fraction of sp³-hybridized carbons (Fsp3) is 0.500. The number of nitrogens with zero attached hydrogens (tertiary/aromatic N) is 4. The maximum Gasteiger partial charge on any atom is 0.253 e. The highest BCUT2D eigenvalue weighted by Crippen LogP contribution is 2.21. The highest BCUT2D eigenvalue weighted by Gasteiger charge is 2.23. The summed E-state index contributed by atoms with van der Waals surface area (Å²) < 4.78 is 2.06. The van der Waals surface area contributed by atoms with E-state index in [1.54, 1.807) is 26.0 Å². The number of carbonyl (C=O) groups excluding carboxylic acids is 1. The molecule has 1 atom stereocenters. The zero-order valence-electron chi connectivity index (χ0n) is 18.1. The normalized spacial score (nSPS) is 16.5. The van der Waals surface area contributed by atoms with E-state index in [0.29, 0.717) is 24.2 Å². The van der Waals surface area contributed by atoms with Crippen LogP contribution in [0.4, 0.5) is 0 Å². The second-order valence-corrected chi connectivity index (χ2v) is 8.08. The number of aliphatic imine (C=N–C) groups is 1. The molecule has 0 radical (unpaired) electrons. The maximum absolute atomic E-state index is 12.0. The molecule has 1 aromatic carbocycles. The van der Waals surface area contributed by atoms with E-state index in [1.807, 2.05) is 24.3 Å². The maximum atomic E-state index is 12.0. The van der Waals surface area contributed by atoms with Gasteiger partial charge in [0, 0.05) is 58.0 Å². The summed E-state index contributed by atoms with van der Waals surface area (Å²) in [5.41, 5.74) is 4.36. The Kier molecular flexibility index (Phi) is 6.56. The van der Waals surface area contributed by atoms with Crippen LogP contribution in [0.25, 0.3) is 0 Å². The number of hydrogen-bond donors (Lipinski definition) is 2. The molecular formula is C22H32N6O. The predicted molar refractivity (Wildman–Crippen MR) is 116 cm³/mol. The second-order valence-electron chi connectivity index (χ2n) is 8.08. The monoisotopic (exact) mass is 396 g/mol. The molecule has 7 heteroatoms. The molecule has 0 aliphatic heterocycles. The second kappa shape index (κ2) is 9.11. The quantitative estimate of drug-likeness (QED) is 0.601. The molecule has 1 heterocycles. The van der Waals surface area contributed by atoms with Gasteiger partial charge in [-0.2, -0.15) is 5.10 Å². The van der Waals surface area contributed by atoms with Crippen LogP contribution in [0.15, 0.2) is 35.5 Å². The largest absolute Gasteiger partial charge is 0.353 e. The molecule has 0 spiro atoms. The Hall–Kier alpha value is -2.83. The molecule has 1 aliphatic rings. The number of nitrogens with one attached hydrogen (secondary N) is 2. The molecule has 2 N–H and O–H groups in total. The molecular weight excluding hydrogens is 364 g/mol. The van der Waals surface area contributed by atoms with Crippen molar-refractivity contribution in [1.82, 2.24) is 25.3 Å². The molecule has 3 rings (SSSR count). The van der Waals surface area contributed by atoms with E-state index in [-0.39, 0.29) is 5.91 Å². The van der Waals surface area contributed by atoms with Crippen LogP contribution >= 0.6 is 0 Å². The van der Waals surface area contributed by atoms with Crippen LogP contribution in [0, 0.1) is 0 Å². The van der Waals surface area contributed by atoms with Gasteiger partial charge in [0.05, 0.1) is 5.69 Å². The number of benzene rings is 1. The Labute approximate surface area is 173 Å². The predicted octanol–water partition coefficient (Wildman–Crippen LogP) is 2.39. The van der Waals surface area contributed by atoms with Crippen LogP contribution in [-0.2, 0) is 19.4 Å². The molecule has 1 amide bonds. The summed E-state index contributed by atoms with van der Waals surface area (Å²) >= 11 is 0. The van der Waals surface area contributed by atoms with E-state index in [1.165, 1.54) is 11.3 Å². The summed E-state index contributed by atoms with van der Waals surface area (Å²) in [7, 11) is 5.31. The number of aryl methyl sites for hydroxylation is 1. The Balaban J connectivity index is 1.54. The Morgan fingerprint density at radius 2 is 2.03 bits per heavy atom. The van der Waals surface area contributed by atoms with Gasteiger partial charge in [-0.15, -0.1) is 0 Å². The topological polar surface area (TPSA) is 74.6 Å². The van der Waals surface area contributed by atoms with Gasteiger partial charge in [-0.25, -0.2) is 0 Å². The molecule has 1 unspecified atom stereocenters. The lowest BCUT2D eigenvalue weighted by Crippen LogP contribution is -2.45. The van der Waals surface area contributed by atoms with E-state index in [9.17, 15) is 4.79 Å². The first-order valence-corrected chi connectivity index (χ1v) is 10.2. The van der Waals surface area contributed by atoms with Crippen LogP contribution in [-0.4, -0.2) is 53.7 Å². The average molecular weight is 397 g/mol.